The van der Waals surface area contributed by atoms with Crippen LogP contribution in [0, 0.1) is 0 Å². The standard InChI is InChI=1S/C6H12FNO/c1-2-8-6(9)4-3-5-7/h2-5H2,1H3,(H,8,9). The number of hydrogen-bond acceptors (Lipinski definition) is 1. The van der Waals surface area contributed by atoms with Crippen molar-refractivity contribution in [3.05, 3.63) is 0 Å². The van der Waals surface area contributed by atoms with Crippen LogP contribution >= 0.6 is 0 Å². The number of carbonyl (C=O) groups is 1. The highest BCUT2D eigenvalue weighted by molar-refractivity contribution is 5.75. The van der Waals surface area contributed by atoms with Crippen LogP contribution in [0.4, 0.5) is 4.39 Å². The Morgan fingerprint density at radius 3 is 2.78 bits per heavy atom. The van der Waals surface area contributed by atoms with Gasteiger partial charge in [-0.25, -0.2) is 0 Å². The highest BCUT2D eigenvalue weighted by atomic mass is 19.1. The van der Waals surface area contributed by atoms with Gasteiger partial charge >= 0.3 is 0 Å². The molecule has 0 rings (SSSR count). The molecule has 0 unspecified atom stereocenters. The Bertz CT molecular complexity index is 85.1. The highest BCUT2D eigenvalue weighted by Crippen LogP contribution is 1.87. The fourth-order valence-corrected chi connectivity index (χ4v) is 0.513. The summed E-state index contributed by atoms with van der Waals surface area (Å²) in [7, 11) is 0. The topological polar surface area (TPSA) is 29.1 Å². The summed E-state index contributed by atoms with van der Waals surface area (Å²) in [4.78, 5) is 10.5. The minimum Gasteiger partial charge on any atom is -0.356 e. The van der Waals surface area contributed by atoms with Gasteiger partial charge in [-0.3, -0.25) is 9.18 Å². The van der Waals surface area contributed by atoms with E-state index in [0.717, 1.165) is 0 Å². The Kier molecular flexibility index (Phi) is 5.17. The van der Waals surface area contributed by atoms with Crippen molar-refractivity contribution in [1.82, 2.24) is 5.32 Å². The molecule has 0 aliphatic heterocycles. The predicted molar refractivity (Wildman–Crippen MR) is 33.9 cm³/mol. The first kappa shape index (κ1) is 8.40. The van der Waals surface area contributed by atoms with Gasteiger partial charge in [-0.05, 0) is 13.3 Å². The third-order valence-electron chi connectivity index (χ3n) is 0.911. The SMILES string of the molecule is CCNC(=O)CCCF. The van der Waals surface area contributed by atoms with Crippen molar-refractivity contribution in [3.63, 3.8) is 0 Å². The van der Waals surface area contributed by atoms with Gasteiger partial charge in [0, 0.05) is 13.0 Å². The molecule has 2 nitrogen and oxygen atoms in total. The monoisotopic (exact) mass is 133 g/mol. The lowest BCUT2D eigenvalue weighted by atomic mass is 10.3. The Morgan fingerprint density at radius 2 is 2.33 bits per heavy atom. The largest absolute Gasteiger partial charge is 0.356 e. The fourth-order valence-electron chi connectivity index (χ4n) is 0.513. The Balaban J connectivity index is 3.06. The summed E-state index contributed by atoms with van der Waals surface area (Å²) in [5, 5.41) is 2.57. The number of carbonyl (C=O) groups excluding carboxylic acids is 1. The van der Waals surface area contributed by atoms with Gasteiger partial charge in [0.15, 0.2) is 0 Å². The smallest absolute Gasteiger partial charge is 0.220 e. The third kappa shape index (κ3) is 5.27. The molecule has 0 aromatic carbocycles. The van der Waals surface area contributed by atoms with E-state index >= 15 is 0 Å². The predicted octanol–water partition coefficient (Wildman–Crippen LogP) is 0.872. The van der Waals surface area contributed by atoms with Gasteiger partial charge in [0.05, 0.1) is 6.67 Å². The summed E-state index contributed by atoms with van der Waals surface area (Å²) in [6, 6.07) is 0. The number of alkyl halides is 1. The second kappa shape index (κ2) is 5.54. The molecule has 9 heavy (non-hydrogen) atoms. The normalized spacial score (nSPS) is 9.11. The van der Waals surface area contributed by atoms with Crippen molar-refractivity contribution < 1.29 is 9.18 Å². The van der Waals surface area contributed by atoms with Crippen LogP contribution in [0.1, 0.15) is 19.8 Å². The van der Waals surface area contributed by atoms with Crippen LogP contribution in [0.5, 0.6) is 0 Å². The van der Waals surface area contributed by atoms with Crippen molar-refractivity contribution in [3.8, 4) is 0 Å². The summed E-state index contributed by atoms with van der Waals surface area (Å²) in [6.07, 6.45) is 0.649. The average molecular weight is 133 g/mol. The van der Waals surface area contributed by atoms with E-state index in [9.17, 15) is 9.18 Å². The molecule has 54 valence electrons. The second-order valence-corrected chi connectivity index (χ2v) is 1.75. The number of rotatable bonds is 4. The minimum atomic E-state index is -0.406. The van der Waals surface area contributed by atoms with Crippen LogP contribution in [0.2, 0.25) is 0 Å². The van der Waals surface area contributed by atoms with Gasteiger partial charge in [-0.2, -0.15) is 0 Å². The van der Waals surface area contributed by atoms with Crippen LogP contribution in [0.15, 0.2) is 0 Å². The summed E-state index contributed by atoms with van der Waals surface area (Å²) in [6.45, 7) is 2.07. The van der Waals surface area contributed by atoms with E-state index in [4.69, 9.17) is 0 Å². The third-order valence-corrected chi connectivity index (χ3v) is 0.911. The van der Waals surface area contributed by atoms with Gasteiger partial charge in [0.25, 0.3) is 0 Å². The van der Waals surface area contributed by atoms with Crippen LogP contribution < -0.4 is 5.32 Å². The number of hydrogen-bond donors (Lipinski definition) is 1. The molecular formula is C6H12FNO. The minimum absolute atomic E-state index is 0.0600. The lowest BCUT2D eigenvalue weighted by molar-refractivity contribution is -0.121. The first-order valence-electron chi connectivity index (χ1n) is 3.14. The number of halogens is 1. The zero-order valence-corrected chi connectivity index (χ0v) is 5.61. The second-order valence-electron chi connectivity index (χ2n) is 1.75. The molecule has 0 heterocycles. The van der Waals surface area contributed by atoms with E-state index in [1.165, 1.54) is 0 Å². The zero-order valence-electron chi connectivity index (χ0n) is 5.61. The maximum atomic E-state index is 11.4. The van der Waals surface area contributed by atoms with E-state index in [0.29, 0.717) is 19.4 Å². The molecule has 0 aromatic heterocycles. The molecule has 1 amide bonds. The molecule has 0 aliphatic rings. The molecule has 0 atom stereocenters. The Morgan fingerprint density at radius 1 is 1.67 bits per heavy atom. The maximum Gasteiger partial charge on any atom is 0.220 e. The molecule has 0 spiro atoms. The number of nitrogens with one attached hydrogen (secondary N) is 1. The van der Waals surface area contributed by atoms with Crippen molar-refractivity contribution in [1.29, 1.82) is 0 Å². The molecule has 0 radical (unpaired) electrons. The van der Waals surface area contributed by atoms with Crippen molar-refractivity contribution in [2.75, 3.05) is 13.2 Å². The molecule has 0 aliphatic carbocycles. The highest BCUT2D eigenvalue weighted by Gasteiger charge is 1.96. The van der Waals surface area contributed by atoms with Gasteiger partial charge in [0.2, 0.25) is 5.91 Å². The molecule has 0 bridgehead atoms. The van der Waals surface area contributed by atoms with Crippen LogP contribution in [-0.4, -0.2) is 19.1 Å². The lowest BCUT2D eigenvalue weighted by Gasteiger charge is -1.97. The molecule has 3 heteroatoms. The fraction of sp³-hybridized carbons (Fsp3) is 0.833. The maximum absolute atomic E-state index is 11.4. The molecule has 1 N–H and O–H groups in total. The van der Waals surface area contributed by atoms with Crippen LogP contribution in [-0.2, 0) is 4.79 Å². The molecular weight excluding hydrogens is 121 g/mol. The van der Waals surface area contributed by atoms with E-state index in [1.54, 1.807) is 0 Å². The van der Waals surface area contributed by atoms with E-state index in [-0.39, 0.29) is 5.91 Å². The van der Waals surface area contributed by atoms with E-state index < -0.39 is 6.67 Å². The Hall–Kier alpha value is -0.600. The summed E-state index contributed by atoms with van der Waals surface area (Å²) >= 11 is 0. The Labute approximate surface area is 54.4 Å². The number of amides is 1. The van der Waals surface area contributed by atoms with Gasteiger partial charge < -0.3 is 5.32 Å². The molecule has 0 saturated heterocycles. The van der Waals surface area contributed by atoms with Gasteiger partial charge in [-0.15, -0.1) is 0 Å². The quantitative estimate of drug-likeness (QED) is 0.605. The van der Waals surface area contributed by atoms with E-state index in [1.807, 2.05) is 6.92 Å². The van der Waals surface area contributed by atoms with Gasteiger partial charge in [-0.1, -0.05) is 0 Å². The van der Waals surface area contributed by atoms with E-state index in [2.05, 4.69) is 5.32 Å². The summed E-state index contributed by atoms with van der Waals surface area (Å²) < 4.78 is 11.4. The van der Waals surface area contributed by atoms with Crippen molar-refractivity contribution >= 4 is 5.91 Å². The zero-order chi connectivity index (χ0) is 7.11. The molecule has 0 fully saturated rings. The van der Waals surface area contributed by atoms with Crippen molar-refractivity contribution in [2.24, 2.45) is 0 Å². The first-order chi connectivity index (χ1) is 4.31. The average Bonchev–Trinajstić information content (AvgIpc) is 1.85. The van der Waals surface area contributed by atoms with Gasteiger partial charge in [0.1, 0.15) is 0 Å². The lowest BCUT2D eigenvalue weighted by Crippen LogP contribution is -2.22. The molecule has 0 aromatic rings. The molecule has 0 saturated carbocycles. The van der Waals surface area contributed by atoms with Crippen LogP contribution in [0.3, 0.4) is 0 Å². The summed E-state index contributed by atoms with van der Waals surface area (Å²) in [5.41, 5.74) is 0. The first-order valence-corrected chi connectivity index (χ1v) is 3.14. The summed E-state index contributed by atoms with van der Waals surface area (Å²) in [5.74, 6) is -0.0600. The van der Waals surface area contributed by atoms with Crippen molar-refractivity contribution in [2.45, 2.75) is 19.8 Å². The van der Waals surface area contributed by atoms with Crippen LogP contribution in [0.25, 0.3) is 0 Å².